The molecule has 0 saturated heterocycles. The number of sulfonamides is 1. The van der Waals surface area contributed by atoms with Gasteiger partial charge in [0.15, 0.2) is 0 Å². The maximum Gasteiger partial charge on any atom is 0.243 e. The van der Waals surface area contributed by atoms with Crippen molar-refractivity contribution in [1.82, 2.24) is 4.72 Å². The number of nitrogens with one attached hydrogen (secondary N) is 1. The molecule has 0 aromatic heterocycles. The number of rotatable bonds is 5. The molecule has 0 aliphatic carbocycles. The summed E-state index contributed by atoms with van der Waals surface area (Å²) in [6.45, 7) is 0.286. The SMILES string of the molecule is O=S(=O)(NCCc1ccccc1)c1c(Cl)cccc1Cl. The Morgan fingerprint density at radius 1 is 0.900 bits per heavy atom. The van der Waals surface area contributed by atoms with Crippen LogP contribution in [0.2, 0.25) is 10.0 Å². The highest BCUT2D eigenvalue weighted by Crippen LogP contribution is 2.28. The second kappa shape index (κ2) is 6.59. The minimum absolute atomic E-state index is 0.0728. The molecule has 20 heavy (non-hydrogen) atoms. The van der Waals surface area contributed by atoms with E-state index in [9.17, 15) is 8.42 Å². The molecule has 0 aliphatic rings. The molecule has 2 rings (SSSR count). The molecular formula is C14H13Cl2NO2S. The van der Waals surface area contributed by atoms with E-state index < -0.39 is 10.0 Å². The zero-order valence-corrected chi connectivity index (χ0v) is 12.8. The fourth-order valence-corrected chi connectivity index (χ4v) is 3.96. The molecule has 1 N–H and O–H groups in total. The van der Waals surface area contributed by atoms with Gasteiger partial charge in [0.05, 0.1) is 10.0 Å². The monoisotopic (exact) mass is 329 g/mol. The van der Waals surface area contributed by atoms with Crippen molar-refractivity contribution >= 4 is 33.2 Å². The molecule has 0 spiro atoms. The Hall–Kier alpha value is -1.07. The Balaban J connectivity index is 2.09. The fraction of sp³-hybridized carbons (Fsp3) is 0.143. The summed E-state index contributed by atoms with van der Waals surface area (Å²) in [5.74, 6) is 0. The second-order valence-electron chi connectivity index (χ2n) is 4.18. The smallest absolute Gasteiger partial charge is 0.211 e. The molecule has 0 fully saturated rings. The van der Waals surface area contributed by atoms with E-state index in [1.807, 2.05) is 30.3 Å². The summed E-state index contributed by atoms with van der Waals surface area (Å²) in [7, 11) is -3.71. The van der Waals surface area contributed by atoms with E-state index in [1.54, 1.807) is 6.07 Å². The lowest BCUT2D eigenvalue weighted by atomic mass is 10.2. The van der Waals surface area contributed by atoms with Gasteiger partial charge in [0, 0.05) is 6.54 Å². The minimum atomic E-state index is -3.71. The van der Waals surface area contributed by atoms with Crippen LogP contribution in [0, 0.1) is 0 Å². The van der Waals surface area contributed by atoms with Gasteiger partial charge >= 0.3 is 0 Å². The average Bonchev–Trinajstić information content (AvgIpc) is 2.39. The third-order valence-electron chi connectivity index (χ3n) is 2.74. The molecule has 0 unspecified atom stereocenters. The van der Waals surface area contributed by atoms with Crippen LogP contribution in [-0.4, -0.2) is 15.0 Å². The fourth-order valence-electron chi connectivity index (χ4n) is 1.79. The van der Waals surface area contributed by atoms with Crippen LogP contribution < -0.4 is 4.72 Å². The highest BCUT2D eigenvalue weighted by Gasteiger charge is 2.20. The molecule has 3 nitrogen and oxygen atoms in total. The third-order valence-corrected chi connectivity index (χ3v) is 5.15. The van der Waals surface area contributed by atoms with Crippen LogP contribution >= 0.6 is 23.2 Å². The van der Waals surface area contributed by atoms with Gasteiger partial charge in [-0.15, -0.1) is 0 Å². The summed E-state index contributed by atoms with van der Waals surface area (Å²) in [4.78, 5) is -0.0728. The van der Waals surface area contributed by atoms with Gasteiger partial charge in [0.25, 0.3) is 0 Å². The van der Waals surface area contributed by atoms with Crippen molar-refractivity contribution < 1.29 is 8.42 Å². The maximum absolute atomic E-state index is 12.2. The Morgan fingerprint density at radius 2 is 1.50 bits per heavy atom. The molecule has 0 radical (unpaired) electrons. The van der Waals surface area contributed by atoms with E-state index in [0.29, 0.717) is 6.42 Å². The van der Waals surface area contributed by atoms with Crippen molar-refractivity contribution in [3.05, 3.63) is 64.1 Å². The van der Waals surface area contributed by atoms with Crippen molar-refractivity contribution in [3.63, 3.8) is 0 Å². The lowest BCUT2D eigenvalue weighted by molar-refractivity contribution is 0.582. The Morgan fingerprint density at radius 3 is 2.10 bits per heavy atom. The maximum atomic E-state index is 12.2. The van der Waals surface area contributed by atoms with E-state index in [-0.39, 0.29) is 21.5 Å². The third kappa shape index (κ3) is 3.73. The topological polar surface area (TPSA) is 46.2 Å². The molecule has 2 aromatic carbocycles. The molecule has 0 heterocycles. The molecule has 0 bridgehead atoms. The van der Waals surface area contributed by atoms with Crippen molar-refractivity contribution in [3.8, 4) is 0 Å². The van der Waals surface area contributed by atoms with E-state index in [4.69, 9.17) is 23.2 Å². The van der Waals surface area contributed by atoms with E-state index in [1.165, 1.54) is 12.1 Å². The highest BCUT2D eigenvalue weighted by molar-refractivity contribution is 7.89. The zero-order chi connectivity index (χ0) is 14.6. The molecule has 0 atom stereocenters. The molecule has 2 aromatic rings. The minimum Gasteiger partial charge on any atom is -0.211 e. The normalized spacial score (nSPS) is 11.5. The predicted molar refractivity (Wildman–Crippen MR) is 81.8 cm³/mol. The van der Waals surface area contributed by atoms with E-state index in [0.717, 1.165) is 5.56 Å². The number of benzene rings is 2. The van der Waals surface area contributed by atoms with Gasteiger partial charge in [-0.2, -0.15) is 0 Å². The van der Waals surface area contributed by atoms with Gasteiger partial charge in [-0.1, -0.05) is 59.6 Å². The molecule has 0 aliphatic heterocycles. The van der Waals surface area contributed by atoms with E-state index >= 15 is 0 Å². The van der Waals surface area contributed by atoms with Gasteiger partial charge < -0.3 is 0 Å². The summed E-state index contributed by atoms with van der Waals surface area (Å²) in [6.07, 6.45) is 0.599. The Labute approximate surface area is 128 Å². The zero-order valence-electron chi connectivity index (χ0n) is 10.5. The average molecular weight is 330 g/mol. The molecule has 106 valence electrons. The van der Waals surface area contributed by atoms with Crippen LogP contribution in [0.3, 0.4) is 0 Å². The van der Waals surface area contributed by atoms with Gasteiger partial charge in [-0.05, 0) is 24.1 Å². The van der Waals surface area contributed by atoms with Crippen molar-refractivity contribution in [1.29, 1.82) is 0 Å². The predicted octanol–water partition coefficient (Wildman–Crippen LogP) is 3.51. The number of hydrogen-bond acceptors (Lipinski definition) is 2. The standard InChI is InChI=1S/C14H13Cl2NO2S/c15-12-7-4-8-13(16)14(12)20(18,19)17-10-9-11-5-2-1-3-6-11/h1-8,17H,9-10H2. The summed E-state index contributed by atoms with van der Waals surface area (Å²) in [5.41, 5.74) is 1.06. The Bertz CT molecular complexity index is 667. The summed E-state index contributed by atoms with van der Waals surface area (Å²) in [6, 6.07) is 14.2. The van der Waals surface area contributed by atoms with Gasteiger partial charge in [-0.3, -0.25) is 0 Å². The molecule has 0 saturated carbocycles. The van der Waals surface area contributed by atoms with Crippen molar-refractivity contribution in [2.75, 3.05) is 6.54 Å². The lowest BCUT2D eigenvalue weighted by Crippen LogP contribution is -2.26. The quantitative estimate of drug-likeness (QED) is 0.912. The van der Waals surface area contributed by atoms with E-state index in [2.05, 4.69) is 4.72 Å². The van der Waals surface area contributed by atoms with Crippen LogP contribution in [0.15, 0.2) is 53.4 Å². The Kier molecular flexibility index (Phi) is 5.05. The first-order valence-corrected chi connectivity index (χ1v) is 8.22. The number of hydrogen-bond donors (Lipinski definition) is 1. The van der Waals surface area contributed by atoms with Crippen LogP contribution in [0.4, 0.5) is 0 Å². The number of halogens is 2. The van der Waals surface area contributed by atoms with Crippen molar-refractivity contribution in [2.45, 2.75) is 11.3 Å². The summed E-state index contributed by atoms with van der Waals surface area (Å²) < 4.78 is 26.9. The van der Waals surface area contributed by atoms with Crippen LogP contribution in [0.1, 0.15) is 5.56 Å². The molecular weight excluding hydrogens is 317 g/mol. The van der Waals surface area contributed by atoms with Gasteiger partial charge in [0.1, 0.15) is 4.90 Å². The highest BCUT2D eigenvalue weighted by atomic mass is 35.5. The van der Waals surface area contributed by atoms with Crippen molar-refractivity contribution in [2.24, 2.45) is 0 Å². The lowest BCUT2D eigenvalue weighted by Gasteiger charge is -2.09. The summed E-state index contributed by atoms with van der Waals surface area (Å²) >= 11 is 11.8. The van der Waals surface area contributed by atoms with Crippen LogP contribution in [0.25, 0.3) is 0 Å². The summed E-state index contributed by atoms with van der Waals surface area (Å²) in [5, 5.41) is 0.231. The first-order chi connectivity index (χ1) is 9.50. The first-order valence-electron chi connectivity index (χ1n) is 5.98. The largest absolute Gasteiger partial charge is 0.243 e. The molecule has 6 heteroatoms. The van der Waals surface area contributed by atoms with Gasteiger partial charge in [-0.25, -0.2) is 13.1 Å². The second-order valence-corrected chi connectivity index (χ2v) is 6.70. The molecule has 0 amide bonds. The van der Waals surface area contributed by atoms with Crippen LogP contribution in [-0.2, 0) is 16.4 Å². The van der Waals surface area contributed by atoms with Gasteiger partial charge in [0.2, 0.25) is 10.0 Å². The van der Waals surface area contributed by atoms with Crippen LogP contribution in [0.5, 0.6) is 0 Å². The first kappa shape index (κ1) is 15.3.